The second-order valence-corrected chi connectivity index (χ2v) is 7.24. The number of nitrogens with one attached hydrogen (secondary N) is 1. The molecule has 1 amide bonds. The number of benzene rings is 2. The number of amides is 1. The van der Waals surface area contributed by atoms with E-state index in [9.17, 15) is 9.18 Å². The fourth-order valence-corrected chi connectivity index (χ4v) is 3.29. The molecule has 0 aromatic heterocycles. The summed E-state index contributed by atoms with van der Waals surface area (Å²) < 4.78 is 24.8. The summed E-state index contributed by atoms with van der Waals surface area (Å²) in [6.07, 6.45) is 2.90. The Balaban J connectivity index is 2.05. The fourth-order valence-electron chi connectivity index (χ4n) is 3.29. The maximum atomic E-state index is 13.5. The van der Waals surface area contributed by atoms with Crippen LogP contribution < -0.4 is 10.1 Å². The smallest absolute Gasteiger partial charge is 0.416 e. The van der Waals surface area contributed by atoms with Crippen molar-refractivity contribution in [2.45, 2.75) is 33.3 Å². The Labute approximate surface area is 170 Å². The van der Waals surface area contributed by atoms with E-state index in [-0.39, 0.29) is 5.82 Å². The molecule has 3 rings (SSSR count). The van der Waals surface area contributed by atoms with E-state index in [4.69, 9.17) is 9.47 Å². The summed E-state index contributed by atoms with van der Waals surface area (Å²) in [4.78, 5) is 12.0. The lowest BCUT2D eigenvalue weighted by atomic mass is 9.82. The SMILES string of the molecule is C=CC1=C(c2ccc(F)cc2)c2ccc(NC(=O)O/C(C)=C\C)cc2OC1(C)C. The van der Waals surface area contributed by atoms with Crippen LogP contribution in [0, 0.1) is 5.82 Å². The van der Waals surface area contributed by atoms with Crippen LogP contribution >= 0.6 is 0 Å². The highest BCUT2D eigenvalue weighted by molar-refractivity contribution is 5.91. The van der Waals surface area contributed by atoms with Gasteiger partial charge in [-0.1, -0.05) is 24.8 Å². The van der Waals surface area contributed by atoms with Gasteiger partial charge in [-0.15, -0.1) is 0 Å². The second kappa shape index (κ2) is 7.95. The number of carbonyl (C=O) groups excluding carboxylic acids is 1. The Morgan fingerprint density at radius 3 is 2.52 bits per heavy atom. The summed E-state index contributed by atoms with van der Waals surface area (Å²) >= 11 is 0. The lowest BCUT2D eigenvalue weighted by Gasteiger charge is -2.36. The molecule has 0 saturated carbocycles. The molecule has 0 saturated heterocycles. The molecule has 1 aliphatic rings. The molecule has 1 heterocycles. The van der Waals surface area contributed by atoms with E-state index in [1.165, 1.54) is 12.1 Å². The first-order chi connectivity index (χ1) is 13.7. The van der Waals surface area contributed by atoms with Crippen molar-refractivity contribution < 1.29 is 18.7 Å². The summed E-state index contributed by atoms with van der Waals surface area (Å²) in [7, 11) is 0. The maximum Gasteiger partial charge on any atom is 0.416 e. The molecule has 0 unspecified atom stereocenters. The molecule has 0 radical (unpaired) electrons. The molecular weight excluding hydrogens is 369 g/mol. The van der Waals surface area contributed by atoms with E-state index >= 15 is 0 Å². The van der Waals surface area contributed by atoms with Gasteiger partial charge in [0.1, 0.15) is 22.9 Å². The van der Waals surface area contributed by atoms with Gasteiger partial charge in [-0.25, -0.2) is 9.18 Å². The van der Waals surface area contributed by atoms with E-state index in [2.05, 4.69) is 11.9 Å². The van der Waals surface area contributed by atoms with Gasteiger partial charge in [0.25, 0.3) is 0 Å². The monoisotopic (exact) mass is 393 g/mol. The standard InChI is InChI=1S/C24H24FNO3/c1-6-15(3)28-23(27)26-18-12-13-19-21(14-18)29-24(4,5)20(7-2)22(19)16-8-10-17(25)11-9-16/h6-14H,2H2,1,3-5H3,(H,26,27)/b15-6-. The molecule has 0 fully saturated rings. The van der Waals surface area contributed by atoms with Gasteiger partial charge in [0, 0.05) is 22.9 Å². The molecule has 150 valence electrons. The second-order valence-electron chi connectivity index (χ2n) is 7.24. The Morgan fingerprint density at radius 1 is 1.21 bits per heavy atom. The summed E-state index contributed by atoms with van der Waals surface area (Å²) in [5.41, 5.74) is 3.43. The van der Waals surface area contributed by atoms with Crippen LogP contribution in [0.4, 0.5) is 14.9 Å². The van der Waals surface area contributed by atoms with Crippen molar-refractivity contribution in [2.75, 3.05) is 5.32 Å². The molecule has 0 atom stereocenters. The van der Waals surface area contributed by atoms with E-state index in [0.717, 1.165) is 22.3 Å². The number of hydrogen-bond acceptors (Lipinski definition) is 3. The van der Waals surface area contributed by atoms with Crippen molar-refractivity contribution in [2.24, 2.45) is 0 Å². The van der Waals surface area contributed by atoms with Crippen LogP contribution in [0.5, 0.6) is 5.75 Å². The number of rotatable bonds is 4. The number of anilines is 1. The first-order valence-corrected chi connectivity index (χ1v) is 9.33. The predicted molar refractivity (Wildman–Crippen MR) is 113 cm³/mol. The average molecular weight is 393 g/mol. The third-order valence-corrected chi connectivity index (χ3v) is 4.78. The molecule has 2 aromatic carbocycles. The molecule has 5 heteroatoms. The van der Waals surface area contributed by atoms with Crippen molar-refractivity contribution in [1.29, 1.82) is 0 Å². The van der Waals surface area contributed by atoms with Crippen molar-refractivity contribution in [3.8, 4) is 5.75 Å². The zero-order chi connectivity index (χ0) is 21.2. The molecule has 0 bridgehead atoms. The number of hydrogen-bond donors (Lipinski definition) is 1. The zero-order valence-corrected chi connectivity index (χ0v) is 17.0. The number of carbonyl (C=O) groups is 1. The Hall–Kier alpha value is -3.34. The zero-order valence-electron chi connectivity index (χ0n) is 17.0. The van der Waals surface area contributed by atoms with Gasteiger partial charge in [-0.2, -0.15) is 0 Å². The van der Waals surface area contributed by atoms with Gasteiger partial charge in [0.05, 0.1) is 0 Å². The van der Waals surface area contributed by atoms with Crippen LogP contribution in [-0.4, -0.2) is 11.7 Å². The van der Waals surface area contributed by atoms with Gasteiger partial charge in [-0.05, 0) is 69.2 Å². The average Bonchev–Trinajstić information content (AvgIpc) is 2.66. The number of halogens is 1. The van der Waals surface area contributed by atoms with E-state index in [1.807, 2.05) is 19.9 Å². The van der Waals surface area contributed by atoms with Gasteiger partial charge in [-0.3, -0.25) is 5.32 Å². The lowest BCUT2D eigenvalue weighted by Crippen LogP contribution is -2.34. The lowest BCUT2D eigenvalue weighted by molar-refractivity contribution is 0.149. The topological polar surface area (TPSA) is 47.6 Å². The minimum Gasteiger partial charge on any atom is -0.482 e. The largest absolute Gasteiger partial charge is 0.482 e. The van der Waals surface area contributed by atoms with Crippen LogP contribution in [0.15, 0.2) is 72.5 Å². The quantitative estimate of drug-likeness (QED) is 0.607. The van der Waals surface area contributed by atoms with E-state index in [1.54, 1.807) is 50.3 Å². The van der Waals surface area contributed by atoms with Crippen LogP contribution in [-0.2, 0) is 4.74 Å². The molecular formula is C24H24FNO3. The van der Waals surface area contributed by atoms with Gasteiger partial charge in [0.15, 0.2) is 0 Å². The van der Waals surface area contributed by atoms with Crippen molar-refractivity contribution in [3.05, 3.63) is 89.5 Å². The third kappa shape index (κ3) is 4.24. The third-order valence-electron chi connectivity index (χ3n) is 4.78. The molecule has 0 aliphatic carbocycles. The minimum absolute atomic E-state index is 0.296. The summed E-state index contributed by atoms with van der Waals surface area (Å²) in [6.45, 7) is 11.3. The van der Waals surface area contributed by atoms with Gasteiger partial charge in [0.2, 0.25) is 0 Å². The van der Waals surface area contributed by atoms with Crippen LogP contribution in [0.2, 0.25) is 0 Å². The highest BCUT2D eigenvalue weighted by Crippen LogP contribution is 2.45. The normalized spacial score (nSPS) is 15.3. The van der Waals surface area contributed by atoms with Crippen LogP contribution in [0.1, 0.15) is 38.8 Å². The Bertz CT molecular complexity index is 1020. The van der Waals surface area contributed by atoms with E-state index in [0.29, 0.717) is 17.2 Å². The van der Waals surface area contributed by atoms with Crippen molar-refractivity contribution in [3.63, 3.8) is 0 Å². The van der Waals surface area contributed by atoms with Gasteiger partial charge >= 0.3 is 6.09 Å². The van der Waals surface area contributed by atoms with Gasteiger partial charge < -0.3 is 9.47 Å². The molecule has 1 N–H and O–H groups in total. The first kappa shape index (κ1) is 20.4. The first-order valence-electron chi connectivity index (χ1n) is 9.33. The molecule has 29 heavy (non-hydrogen) atoms. The Morgan fingerprint density at radius 2 is 1.90 bits per heavy atom. The van der Waals surface area contributed by atoms with Crippen molar-refractivity contribution >= 4 is 17.4 Å². The highest BCUT2D eigenvalue weighted by Gasteiger charge is 2.34. The number of ether oxygens (including phenoxy) is 2. The molecule has 4 nitrogen and oxygen atoms in total. The Kier molecular flexibility index (Phi) is 5.59. The summed E-state index contributed by atoms with van der Waals surface area (Å²) in [6, 6.07) is 11.7. The molecule has 2 aromatic rings. The summed E-state index contributed by atoms with van der Waals surface area (Å²) in [5, 5.41) is 2.70. The van der Waals surface area contributed by atoms with E-state index < -0.39 is 11.7 Å². The highest BCUT2D eigenvalue weighted by atomic mass is 19.1. The van der Waals surface area contributed by atoms with Crippen molar-refractivity contribution in [1.82, 2.24) is 0 Å². The predicted octanol–water partition coefficient (Wildman–Crippen LogP) is 6.46. The summed E-state index contributed by atoms with van der Waals surface area (Å²) in [5.74, 6) is 0.825. The minimum atomic E-state index is -0.654. The molecule has 0 spiro atoms. The molecule has 1 aliphatic heterocycles. The number of fused-ring (bicyclic) bond motifs is 1. The maximum absolute atomic E-state index is 13.5. The van der Waals surface area contributed by atoms with Crippen LogP contribution in [0.3, 0.4) is 0 Å². The fraction of sp³-hybridized carbons (Fsp3) is 0.208. The number of allylic oxidation sites excluding steroid dienone is 2. The van der Waals surface area contributed by atoms with Crippen LogP contribution in [0.25, 0.3) is 5.57 Å².